The van der Waals surface area contributed by atoms with E-state index in [9.17, 15) is 0 Å². The molecule has 0 aromatic heterocycles. The average molecular weight is 268 g/mol. The first-order valence-corrected chi connectivity index (χ1v) is 7.29. The number of aryl methyl sites for hydroxylation is 1. The van der Waals surface area contributed by atoms with E-state index < -0.39 is 0 Å². The molecule has 0 aliphatic carbocycles. The molecule has 106 valence electrons. The van der Waals surface area contributed by atoms with Crippen molar-refractivity contribution in [2.24, 2.45) is 5.41 Å². The summed E-state index contributed by atoms with van der Waals surface area (Å²) in [4.78, 5) is 0. The Morgan fingerprint density at radius 3 is 2.05 bits per heavy atom. The molecule has 1 nitrogen and oxygen atoms in total. The van der Waals surface area contributed by atoms with Crippen LogP contribution in [0.5, 0.6) is 5.75 Å². The van der Waals surface area contributed by atoms with Crippen LogP contribution in [-0.4, -0.2) is 0 Å². The summed E-state index contributed by atoms with van der Waals surface area (Å²) >= 11 is 0. The Hall–Kier alpha value is -1.76. The zero-order valence-corrected chi connectivity index (χ0v) is 12.7. The van der Waals surface area contributed by atoms with E-state index in [-0.39, 0.29) is 0 Å². The standard InChI is InChI=1S/C19H24O/c1-19(2,3)14-13-16-9-11-18(12-10-16)20-15-17-7-5-4-6-8-17/h4-12H,13-15H2,1-3H3. The van der Waals surface area contributed by atoms with Crippen LogP contribution in [0.2, 0.25) is 0 Å². The van der Waals surface area contributed by atoms with Crippen molar-refractivity contribution in [1.29, 1.82) is 0 Å². The molecule has 1 heteroatoms. The predicted octanol–water partition coefficient (Wildman–Crippen LogP) is 5.24. The molecule has 2 aromatic carbocycles. The third-order valence-corrected chi connectivity index (χ3v) is 3.34. The normalized spacial score (nSPS) is 11.3. The molecule has 0 fully saturated rings. The Bertz CT molecular complexity index is 506. The van der Waals surface area contributed by atoms with Crippen LogP contribution in [0.1, 0.15) is 38.3 Å². The van der Waals surface area contributed by atoms with Gasteiger partial charge in [0.2, 0.25) is 0 Å². The van der Waals surface area contributed by atoms with Crippen LogP contribution in [0.25, 0.3) is 0 Å². The van der Waals surface area contributed by atoms with Crippen LogP contribution in [0.4, 0.5) is 0 Å². The molecule has 2 rings (SSSR count). The summed E-state index contributed by atoms with van der Waals surface area (Å²) < 4.78 is 5.79. The molecule has 0 amide bonds. The maximum atomic E-state index is 5.79. The van der Waals surface area contributed by atoms with Gasteiger partial charge in [-0.2, -0.15) is 0 Å². The number of rotatable bonds is 5. The van der Waals surface area contributed by atoms with Crippen molar-refractivity contribution >= 4 is 0 Å². The Morgan fingerprint density at radius 2 is 1.45 bits per heavy atom. The second-order valence-electron chi connectivity index (χ2n) is 6.48. The van der Waals surface area contributed by atoms with Gasteiger partial charge in [-0.05, 0) is 41.5 Å². The van der Waals surface area contributed by atoms with Gasteiger partial charge in [0.05, 0.1) is 0 Å². The van der Waals surface area contributed by atoms with Crippen LogP contribution < -0.4 is 4.74 Å². The molecule has 0 aliphatic rings. The van der Waals surface area contributed by atoms with Crippen LogP contribution in [-0.2, 0) is 13.0 Å². The lowest BCUT2D eigenvalue weighted by Gasteiger charge is -2.17. The molecule has 0 saturated heterocycles. The minimum atomic E-state index is 0.391. The van der Waals surface area contributed by atoms with Gasteiger partial charge in [0.1, 0.15) is 12.4 Å². The maximum Gasteiger partial charge on any atom is 0.119 e. The molecule has 0 radical (unpaired) electrons. The zero-order valence-electron chi connectivity index (χ0n) is 12.7. The summed E-state index contributed by atoms with van der Waals surface area (Å²) in [6, 6.07) is 18.7. The van der Waals surface area contributed by atoms with Crippen molar-refractivity contribution in [2.75, 3.05) is 0 Å². The lowest BCUT2D eigenvalue weighted by atomic mass is 9.89. The minimum Gasteiger partial charge on any atom is -0.489 e. The van der Waals surface area contributed by atoms with Gasteiger partial charge in [-0.3, -0.25) is 0 Å². The van der Waals surface area contributed by atoms with Crippen LogP contribution in [0.3, 0.4) is 0 Å². The molecular weight excluding hydrogens is 244 g/mol. The van der Waals surface area contributed by atoms with Crippen molar-refractivity contribution in [2.45, 2.75) is 40.2 Å². The van der Waals surface area contributed by atoms with E-state index >= 15 is 0 Å². The topological polar surface area (TPSA) is 9.23 Å². The third-order valence-electron chi connectivity index (χ3n) is 3.34. The number of hydrogen-bond acceptors (Lipinski definition) is 1. The Kier molecular flexibility index (Phi) is 4.84. The van der Waals surface area contributed by atoms with Gasteiger partial charge in [-0.1, -0.05) is 63.2 Å². The van der Waals surface area contributed by atoms with Gasteiger partial charge in [-0.15, -0.1) is 0 Å². The molecule has 0 N–H and O–H groups in total. The molecule has 0 aliphatic heterocycles. The first-order chi connectivity index (χ1) is 9.53. The molecule has 0 spiro atoms. The lowest BCUT2D eigenvalue weighted by molar-refractivity contribution is 0.306. The fourth-order valence-corrected chi connectivity index (χ4v) is 2.01. The highest BCUT2D eigenvalue weighted by atomic mass is 16.5. The van der Waals surface area contributed by atoms with Crippen molar-refractivity contribution in [3.05, 3.63) is 65.7 Å². The second-order valence-corrected chi connectivity index (χ2v) is 6.48. The van der Waals surface area contributed by atoms with E-state index in [1.807, 2.05) is 18.2 Å². The molecule has 0 saturated carbocycles. The molecule has 0 unspecified atom stereocenters. The molecule has 0 bridgehead atoms. The van der Waals surface area contributed by atoms with Crippen molar-refractivity contribution < 1.29 is 4.74 Å². The molecule has 0 heterocycles. The summed E-state index contributed by atoms with van der Waals surface area (Å²) in [7, 11) is 0. The lowest BCUT2D eigenvalue weighted by Crippen LogP contribution is -2.06. The number of benzene rings is 2. The largest absolute Gasteiger partial charge is 0.489 e. The van der Waals surface area contributed by atoms with Crippen molar-refractivity contribution in [1.82, 2.24) is 0 Å². The number of ether oxygens (including phenoxy) is 1. The average Bonchev–Trinajstić information content (AvgIpc) is 2.44. The summed E-state index contributed by atoms with van der Waals surface area (Å²) in [5, 5.41) is 0. The first kappa shape index (κ1) is 14.6. The molecule has 0 atom stereocenters. The van der Waals surface area contributed by atoms with E-state index in [4.69, 9.17) is 4.74 Å². The maximum absolute atomic E-state index is 5.79. The minimum absolute atomic E-state index is 0.391. The van der Waals surface area contributed by atoms with E-state index in [0.717, 1.165) is 12.2 Å². The van der Waals surface area contributed by atoms with Crippen molar-refractivity contribution in [3.8, 4) is 5.75 Å². The fraction of sp³-hybridized carbons (Fsp3) is 0.368. The molecule has 20 heavy (non-hydrogen) atoms. The summed E-state index contributed by atoms with van der Waals surface area (Å²) in [6.07, 6.45) is 2.33. The van der Waals surface area contributed by atoms with Crippen LogP contribution in [0.15, 0.2) is 54.6 Å². The first-order valence-electron chi connectivity index (χ1n) is 7.29. The van der Waals surface area contributed by atoms with Crippen LogP contribution >= 0.6 is 0 Å². The predicted molar refractivity (Wildman–Crippen MR) is 85.0 cm³/mol. The van der Waals surface area contributed by atoms with Gasteiger partial charge in [-0.25, -0.2) is 0 Å². The third kappa shape index (κ3) is 5.08. The molecular formula is C19H24O. The Balaban J connectivity index is 1.85. The van der Waals surface area contributed by atoms with Crippen molar-refractivity contribution in [3.63, 3.8) is 0 Å². The molecule has 2 aromatic rings. The van der Waals surface area contributed by atoms with Gasteiger partial charge in [0, 0.05) is 0 Å². The summed E-state index contributed by atoms with van der Waals surface area (Å²) in [5.74, 6) is 0.938. The SMILES string of the molecule is CC(C)(C)CCc1ccc(OCc2ccccc2)cc1. The Morgan fingerprint density at radius 1 is 0.800 bits per heavy atom. The van der Waals surface area contributed by atoms with E-state index in [0.29, 0.717) is 12.0 Å². The highest BCUT2D eigenvalue weighted by Gasteiger charge is 2.09. The van der Waals surface area contributed by atoms with Crippen LogP contribution in [0, 0.1) is 5.41 Å². The van der Waals surface area contributed by atoms with Gasteiger partial charge in [0.25, 0.3) is 0 Å². The van der Waals surface area contributed by atoms with E-state index in [1.54, 1.807) is 0 Å². The fourth-order valence-electron chi connectivity index (χ4n) is 2.01. The number of hydrogen-bond donors (Lipinski definition) is 0. The van der Waals surface area contributed by atoms with Gasteiger partial charge < -0.3 is 4.74 Å². The highest BCUT2D eigenvalue weighted by molar-refractivity contribution is 5.28. The summed E-state index contributed by atoms with van der Waals surface area (Å²) in [5.41, 5.74) is 2.97. The monoisotopic (exact) mass is 268 g/mol. The van der Waals surface area contributed by atoms with Gasteiger partial charge >= 0.3 is 0 Å². The highest BCUT2D eigenvalue weighted by Crippen LogP contribution is 2.22. The smallest absolute Gasteiger partial charge is 0.119 e. The van der Waals surface area contributed by atoms with E-state index in [2.05, 4.69) is 57.2 Å². The second kappa shape index (κ2) is 6.60. The van der Waals surface area contributed by atoms with E-state index in [1.165, 1.54) is 17.5 Å². The Labute approximate surface area is 122 Å². The zero-order chi connectivity index (χ0) is 14.4. The van der Waals surface area contributed by atoms with Gasteiger partial charge in [0.15, 0.2) is 0 Å². The summed E-state index contributed by atoms with van der Waals surface area (Å²) in [6.45, 7) is 7.47. The quantitative estimate of drug-likeness (QED) is 0.720.